The number of ether oxygens (including phenoxy) is 2. The Bertz CT molecular complexity index is 720. The molecule has 2 aromatic carbocycles. The molecule has 6 heteroatoms. The van der Waals surface area contributed by atoms with E-state index in [2.05, 4.69) is 21.2 Å². The first-order valence-corrected chi connectivity index (χ1v) is 8.08. The lowest BCUT2D eigenvalue weighted by Crippen LogP contribution is -2.50. The number of hydrogen-bond acceptors (Lipinski definition) is 4. The van der Waals surface area contributed by atoms with Gasteiger partial charge in [-0.2, -0.15) is 0 Å². The Hall–Kier alpha value is -2.34. The van der Waals surface area contributed by atoms with E-state index in [0.717, 1.165) is 10.0 Å². The molecular formula is C18H18BrNO4. The summed E-state index contributed by atoms with van der Waals surface area (Å²) in [5.41, 5.74) is 0.0852. The van der Waals surface area contributed by atoms with Crippen molar-refractivity contribution in [2.75, 3.05) is 7.11 Å². The zero-order valence-corrected chi connectivity index (χ0v) is 15.0. The zero-order valence-electron chi connectivity index (χ0n) is 13.4. The normalized spacial score (nSPS) is 12.8. The fourth-order valence-electron chi connectivity index (χ4n) is 2.21. The maximum Gasteiger partial charge on any atom is 0.408 e. The van der Waals surface area contributed by atoms with Crippen LogP contribution >= 0.6 is 15.9 Å². The molecule has 0 aromatic heterocycles. The lowest BCUT2D eigenvalue weighted by molar-refractivity contribution is -0.148. The molecule has 2 aromatic rings. The van der Waals surface area contributed by atoms with Crippen molar-refractivity contribution in [1.29, 1.82) is 0 Å². The van der Waals surface area contributed by atoms with Gasteiger partial charge in [0.1, 0.15) is 6.61 Å². The SMILES string of the molecule is COC(=O)C(C)(NC(=O)OCc1ccccc1)c1cccc(Br)c1. The van der Waals surface area contributed by atoms with Crippen LogP contribution in [0.1, 0.15) is 18.1 Å². The number of alkyl carbamates (subject to hydrolysis) is 1. The first kappa shape index (κ1) is 18.0. The molecule has 0 saturated carbocycles. The molecule has 0 spiro atoms. The second-order valence-corrected chi connectivity index (χ2v) is 6.23. The minimum absolute atomic E-state index is 0.114. The number of rotatable bonds is 5. The van der Waals surface area contributed by atoms with Crippen LogP contribution in [0.25, 0.3) is 0 Å². The van der Waals surface area contributed by atoms with Gasteiger partial charge in [-0.3, -0.25) is 0 Å². The minimum Gasteiger partial charge on any atom is -0.467 e. The van der Waals surface area contributed by atoms with Crippen LogP contribution in [0.3, 0.4) is 0 Å². The Balaban J connectivity index is 2.14. The van der Waals surface area contributed by atoms with Gasteiger partial charge in [0.25, 0.3) is 0 Å². The van der Waals surface area contributed by atoms with Crippen LogP contribution in [-0.2, 0) is 26.4 Å². The molecule has 0 aliphatic heterocycles. The van der Waals surface area contributed by atoms with E-state index in [9.17, 15) is 9.59 Å². The summed E-state index contributed by atoms with van der Waals surface area (Å²) in [7, 11) is 1.27. The zero-order chi connectivity index (χ0) is 17.6. The Morgan fingerprint density at radius 2 is 1.83 bits per heavy atom. The van der Waals surface area contributed by atoms with Gasteiger partial charge in [-0.05, 0) is 30.2 Å². The van der Waals surface area contributed by atoms with Crippen molar-refractivity contribution in [2.45, 2.75) is 19.1 Å². The fourth-order valence-corrected chi connectivity index (χ4v) is 2.61. The maximum absolute atomic E-state index is 12.2. The monoisotopic (exact) mass is 391 g/mol. The molecule has 5 nitrogen and oxygen atoms in total. The van der Waals surface area contributed by atoms with Gasteiger partial charge in [-0.25, -0.2) is 9.59 Å². The maximum atomic E-state index is 12.2. The van der Waals surface area contributed by atoms with Gasteiger partial charge in [0.2, 0.25) is 0 Å². The van der Waals surface area contributed by atoms with Gasteiger partial charge in [-0.15, -0.1) is 0 Å². The number of esters is 1. The van der Waals surface area contributed by atoms with Crippen LogP contribution in [0, 0.1) is 0 Å². The number of carbonyl (C=O) groups excluding carboxylic acids is 2. The summed E-state index contributed by atoms with van der Waals surface area (Å²) in [5, 5.41) is 2.60. The molecule has 0 heterocycles. The number of nitrogens with one attached hydrogen (secondary N) is 1. The van der Waals surface area contributed by atoms with Crippen molar-refractivity contribution in [2.24, 2.45) is 0 Å². The highest BCUT2D eigenvalue weighted by Gasteiger charge is 2.38. The molecule has 126 valence electrons. The largest absolute Gasteiger partial charge is 0.467 e. The molecule has 2 rings (SSSR count). The molecular weight excluding hydrogens is 374 g/mol. The predicted molar refractivity (Wildman–Crippen MR) is 93.3 cm³/mol. The third-order valence-corrected chi connectivity index (χ3v) is 4.05. The molecule has 1 atom stereocenters. The summed E-state index contributed by atoms with van der Waals surface area (Å²) in [6.45, 7) is 1.69. The highest BCUT2D eigenvalue weighted by molar-refractivity contribution is 9.10. The van der Waals surface area contributed by atoms with Crippen molar-refractivity contribution >= 4 is 28.0 Å². The Morgan fingerprint density at radius 3 is 2.46 bits per heavy atom. The van der Waals surface area contributed by atoms with Crippen molar-refractivity contribution in [3.05, 3.63) is 70.2 Å². The van der Waals surface area contributed by atoms with E-state index in [1.165, 1.54) is 7.11 Å². The highest BCUT2D eigenvalue weighted by atomic mass is 79.9. The van der Waals surface area contributed by atoms with Crippen LogP contribution in [0.5, 0.6) is 0 Å². The topological polar surface area (TPSA) is 64.6 Å². The molecule has 1 unspecified atom stereocenters. The second-order valence-electron chi connectivity index (χ2n) is 5.31. The fraction of sp³-hybridized carbons (Fsp3) is 0.222. The van der Waals surface area contributed by atoms with Crippen molar-refractivity contribution in [3.8, 4) is 0 Å². The Labute approximate surface area is 149 Å². The Morgan fingerprint density at radius 1 is 1.12 bits per heavy atom. The van der Waals surface area contributed by atoms with E-state index >= 15 is 0 Å². The molecule has 24 heavy (non-hydrogen) atoms. The minimum atomic E-state index is -1.35. The number of amides is 1. The summed E-state index contributed by atoms with van der Waals surface area (Å²) in [4.78, 5) is 24.4. The summed E-state index contributed by atoms with van der Waals surface area (Å²) in [5.74, 6) is -0.586. The summed E-state index contributed by atoms with van der Waals surface area (Å²) >= 11 is 3.36. The number of methoxy groups -OCH3 is 1. The molecule has 1 N–H and O–H groups in total. The van der Waals surface area contributed by atoms with E-state index in [1.807, 2.05) is 36.4 Å². The number of halogens is 1. The van der Waals surface area contributed by atoms with Crippen LogP contribution in [0.4, 0.5) is 4.79 Å². The van der Waals surface area contributed by atoms with E-state index < -0.39 is 17.6 Å². The van der Waals surface area contributed by atoms with E-state index in [-0.39, 0.29) is 6.61 Å². The van der Waals surface area contributed by atoms with Gasteiger partial charge in [0, 0.05) is 4.47 Å². The quantitative estimate of drug-likeness (QED) is 0.787. The van der Waals surface area contributed by atoms with E-state index in [1.54, 1.807) is 25.1 Å². The van der Waals surface area contributed by atoms with E-state index in [0.29, 0.717) is 5.56 Å². The molecule has 0 bridgehead atoms. The predicted octanol–water partition coefficient (Wildman–Crippen LogP) is 3.76. The van der Waals surface area contributed by atoms with E-state index in [4.69, 9.17) is 9.47 Å². The van der Waals surface area contributed by atoms with Crippen molar-refractivity contribution in [3.63, 3.8) is 0 Å². The smallest absolute Gasteiger partial charge is 0.408 e. The van der Waals surface area contributed by atoms with Gasteiger partial charge >= 0.3 is 12.1 Å². The highest BCUT2D eigenvalue weighted by Crippen LogP contribution is 2.25. The average molecular weight is 392 g/mol. The van der Waals surface area contributed by atoms with Crippen molar-refractivity contribution in [1.82, 2.24) is 5.32 Å². The van der Waals surface area contributed by atoms with Gasteiger partial charge in [-0.1, -0.05) is 58.4 Å². The first-order chi connectivity index (χ1) is 11.5. The van der Waals surface area contributed by atoms with Crippen LogP contribution in [-0.4, -0.2) is 19.2 Å². The first-order valence-electron chi connectivity index (χ1n) is 7.29. The second kappa shape index (κ2) is 7.97. The third kappa shape index (κ3) is 4.35. The van der Waals surface area contributed by atoms with Crippen LogP contribution in [0.15, 0.2) is 59.1 Å². The molecule has 0 aliphatic rings. The average Bonchev–Trinajstić information content (AvgIpc) is 2.60. The Kier molecular flexibility index (Phi) is 5.98. The standard InChI is InChI=1S/C18H18BrNO4/c1-18(16(21)23-2,14-9-6-10-15(19)11-14)20-17(22)24-12-13-7-4-3-5-8-13/h3-11H,12H2,1-2H3,(H,20,22). The lowest BCUT2D eigenvalue weighted by atomic mass is 9.92. The van der Waals surface area contributed by atoms with Crippen LogP contribution in [0.2, 0.25) is 0 Å². The van der Waals surface area contributed by atoms with Gasteiger partial charge in [0.15, 0.2) is 5.54 Å². The number of carbonyl (C=O) groups is 2. The number of hydrogen-bond donors (Lipinski definition) is 1. The summed E-state index contributed by atoms with van der Waals surface area (Å²) in [6.07, 6.45) is -0.702. The van der Waals surface area contributed by atoms with Gasteiger partial charge in [0.05, 0.1) is 7.11 Å². The third-order valence-electron chi connectivity index (χ3n) is 3.56. The molecule has 0 aliphatic carbocycles. The van der Waals surface area contributed by atoms with Crippen LogP contribution < -0.4 is 5.32 Å². The van der Waals surface area contributed by atoms with Gasteiger partial charge < -0.3 is 14.8 Å². The summed E-state index contributed by atoms with van der Waals surface area (Å²) in [6, 6.07) is 16.4. The van der Waals surface area contributed by atoms with Crippen molar-refractivity contribution < 1.29 is 19.1 Å². The lowest BCUT2D eigenvalue weighted by Gasteiger charge is -2.28. The number of benzene rings is 2. The molecule has 0 saturated heterocycles. The molecule has 0 fully saturated rings. The molecule has 0 radical (unpaired) electrons. The molecule has 1 amide bonds. The summed E-state index contributed by atoms with van der Waals surface area (Å²) < 4.78 is 10.8.